The van der Waals surface area contributed by atoms with Gasteiger partial charge >= 0.3 is 17.7 Å². The lowest BCUT2D eigenvalue weighted by Gasteiger charge is -2.20. The van der Waals surface area contributed by atoms with Crippen molar-refractivity contribution in [3.8, 4) is 5.75 Å². The van der Waals surface area contributed by atoms with Gasteiger partial charge < -0.3 is 19.2 Å². The van der Waals surface area contributed by atoms with E-state index in [2.05, 4.69) is 5.32 Å². The van der Waals surface area contributed by atoms with Crippen LogP contribution in [0.3, 0.4) is 0 Å². The number of alkyl carbamates (subject to hydrolysis) is 1. The van der Waals surface area contributed by atoms with Crippen LogP contribution in [0.5, 0.6) is 5.75 Å². The molecule has 1 atom stereocenters. The van der Waals surface area contributed by atoms with Crippen LogP contribution in [0.15, 0.2) is 63.8 Å². The number of hydrogen-bond donors (Lipinski definition) is 1. The van der Waals surface area contributed by atoms with E-state index in [0.29, 0.717) is 5.58 Å². The van der Waals surface area contributed by atoms with E-state index < -0.39 is 23.7 Å². The number of rotatable bonds is 8. The molecule has 0 saturated carbocycles. The molecule has 7 heteroatoms. The van der Waals surface area contributed by atoms with Crippen LogP contribution < -0.4 is 15.7 Å². The van der Waals surface area contributed by atoms with Gasteiger partial charge in [0.05, 0.1) is 0 Å². The number of carbonyl (C=O) groups is 2. The summed E-state index contributed by atoms with van der Waals surface area (Å²) < 4.78 is 16.0. The van der Waals surface area contributed by atoms with Gasteiger partial charge in [0, 0.05) is 17.5 Å². The van der Waals surface area contributed by atoms with E-state index in [-0.39, 0.29) is 18.3 Å². The quantitative estimate of drug-likeness (QED) is 0.314. The molecule has 7 nitrogen and oxygen atoms in total. The highest BCUT2D eigenvalue weighted by Crippen LogP contribution is 2.24. The Hall–Kier alpha value is -3.61. The van der Waals surface area contributed by atoms with Crippen molar-refractivity contribution in [3.05, 3.63) is 76.1 Å². The Morgan fingerprint density at radius 3 is 2.50 bits per heavy atom. The maximum Gasteiger partial charge on any atom is 0.408 e. The highest BCUT2D eigenvalue weighted by Gasteiger charge is 2.27. The molecule has 1 amide bonds. The molecule has 0 fully saturated rings. The summed E-state index contributed by atoms with van der Waals surface area (Å²) in [6, 6.07) is 14.7. The van der Waals surface area contributed by atoms with Crippen LogP contribution >= 0.6 is 0 Å². The van der Waals surface area contributed by atoms with Gasteiger partial charge in [0.2, 0.25) is 0 Å². The zero-order chi connectivity index (χ0) is 23.1. The van der Waals surface area contributed by atoms with E-state index >= 15 is 0 Å². The van der Waals surface area contributed by atoms with Crippen LogP contribution in [0.2, 0.25) is 0 Å². The molecule has 0 aliphatic carbocycles. The van der Waals surface area contributed by atoms with Crippen molar-refractivity contribution >= 4 is 23.0 Å². The van der Waals surface area contributed by atoms with Gasteiger partial charge in [-0.05, 0) is 35.6 Å². The van der Waals surface area contributed by atoms with E-state index in [1.807, 2.05) is 37.3 Å². The zero-order valence-electron chi connectivity index (χ0n) is 18.4. The monoisotopic (exact) mass is 437 g/mol. The zero-order valence-corrected chi connectivity index (χ0v) is 18.4. The van der Waals surface area contributed by atoms with Crippen LogP contribution in [-0.4, -0.2) is 18.1 Å². The summed E-state index contributed by atoms with van der Waals surface area (Å²) >= 11 is 0. The highest BCUT2D eigenvalue weighted by molar-refractivity contribution is 5.85. The Morgan fingerprint density at radius 2 is 1.81 bits per heavy atom. The first kappa shape index (κ1) is 23.1. The second kappa shape index (κ2) is 10.6. The summed E-state index contributed by atoms with van der Waals surface area (Å²) in [6.45, 7) is 5.70. The standard InChI is InChI=1S/C25H27NO6/c1-4-8-18-13-22(27)32-21-14-19(11-12-20(18)21)31-24(28)23(16(2)3)26-25(29)30-15-17-9-6-5-7-10-17/h5-7,9-14,16,23H,4,8,15H2,1-3H3,(H,26,29). The van der Waals surface area contributed by atoms with Gasteiger partial charge in [-0.25, -0.2) is 14.4 Å². The van der Waals surface area contributed by atoms with Crippen molar-refractivity contribution in [2.75, 3.05) is 0 Å². The fourth-order valence-corrected chi connectivity index (χ4v) is 3.32. The summed E-state index contributed by atoms with van der Waals surface area (Å²) in [4.78, 5) is 36.8. The first-order valence-electron chi connectivity index (χ1n) is 10.6. The minimum absolute atomic E-state index is 0.0936. The van der Waals surface area contributed by atoms with Crippen LogP contribution in [0.25, 0.3) is 11.0 Å². The number of carbonyl (C=O) groups excluding carboxylic acids is 2. The molecule has 3 rings (SSSR count). The molecule has 0 spiro atoms. The summed E-state index contributed by atoms with van der Waals surface area (Å²) in [5.74, 6) is -0.645. The van der Waals surface area contributed by atoms with Gasteiger partial charge in [-0.3, -0.25) is 0 Å². The Bertz CT molecular complexity index is 1140. The molecule has 0 aliphatic heterocycles. The summed E-state index contributed by atoms with van der Waals surface area (Å²) in [5.41, 5.74) is 1.63. The minimum atomic E-state index is -0.910. The predicted molar refractivity (Wildman–Crippen MR) is 121 cm³/mol. The molecule has 168 valence electrons. The number of aryl methyl sites for hydroxylation is 1. The Kier molecular flexibility index (Phi) is 7.65. The third kappa shape index (κ3) is 5.97. The number of esters is 1. The van der Waals surface area contributed by atoms with Crippen molar-refractivity contribution in [1.82, 2.24) is 5.32 Å². The lowest BCUT2D eigenvalue weighted by Crippen LogP contribution is -2.46. The van der Waals surface area contributed by atoms with Gasteiger partial charge in [-0.2, -0.15) is 0 Å². The molecule has 0 bridgehead atoms. The fraction of sp³-hybridized carbons (Fsp3) is 0.320. The minimum Gasteiger partial charge on any atom is -0.445 e. The van der Waals surface area contributed by atoms with Crippen molar-refractivity contribution in [2.45, 2.75) is 46.3 Å². The molecular weight excluding hydrogens is 410 g/mol. The van der Waals surface area contributed by atoms with E-state index in [1.54, 1.807) is 26.0 Å². The van der Waals surface area contributed by atoms with Crippen molar-refractivity contribution < 1.29 is 23.5 Å². The van der Waals surface area contributed by atoms with Gasteiger partial charge in [0.15, 0.2) is 0 Å². The maximum absolute atomic E-state index is 12.8. The molecule has 1 N–H and O–H groups in total. The topological polar surface area (TPSA) is 94.8 Å². The fourth-order valence-electron chi connectivity index (χ4n) is 3.32. The lowest BCUT2D eigenvalue weighted by atomic mass is 10.0. The molecule has 3 aromatic rings. The molecule has 0 saturated heterocycles. The van der Waals surface area contributed by atoms with Crippen LogP contribution in [-0.2, 0) is 22.6 Å². The average Bonchev–Trinajstić information content (AvgIpc) is 2.76. The molecular formula is C25H27NO6. The Labute approximate surface area is 186 Å². The average molecular weight is 437 g/mol. The lowest BCUT2D eigenvalue weighted by molar-refractivity contribution is -0.137. The molecule has 1 heterocycles. The van der Waals surface area contributed by atoms with E-state index in [1.165, 1.54) is 12.1 Å². The molecule has 32 heavy (non-hydrogen) atoms. The van der Waals surface area contributed by atoms with Crippen molar-refractivity contribution in [3.63, 3.8) is 0 Å². The second-order valence-corrected chi connectivity index (χ2v) is 7.85. The number of amides is 1. The first-order valence-corrected chi connectivity index (χ1v) is 10.6. The molecule has 0 aliphatic rings. The van der Waals surface area contributed by atoms with E-state index in [0.717, 1.165) is 29.4 Å². The van der Waals surface area contributed by atoms with Gasteiger partial charge in [0.1, 0.15) is 24.0 Å². The van der Waals surface area contributed by atoms with Crippen LogP contribution in [0, 0.1) is 5.92 Å². The van der Waals surface area contributed by atoms with E-state index in [9.17, 15) is 14.4 Å². The normalized spacial score (nSPS) is 11.9. The molecule has 2 aromatic carbocycles. The summed E-state index contributed by atoms with van der Waals surface area (Å²) in [5, 5.41) is 3.37. The Morgan fingerprint density at radius 1 is 1.06 bits per heavy atom. The van der Waals surface area contributed by atoms with Gasteiger partial charge in [0.25, 0.3) is 0 Å². The predicted octanol–water partition coefficient (Wildman–Crippen LogP) is 4.60. The molecule has 1 aromatic heterocycles. The SMILES string of the molecule is CCCc1cc(=O)oc2cc(OC(=O)C(NC(=O)OCc3ccccc3)C(C)C)ccc12. The first-order chi connectivity index (χ1) is 15.4. The van der Waals surface area contributed by atoms with Crippen molar-refractivity contribution in [2.24, 2.45) is 5.92 Å². The number of fused-ring (bicyclic) bond motifs is 1. The largest absolute Gasteiger partial charge is 0.445 e. The van der Waals surface area contributed by atoms with Crippen LogP contribution in [0.1, 0.15) is 38.3 Å². The maximum atomic E-state index is 12.8. The highest BCUT2D eigenvalue weighted by atomic mass is 16.6. The number of benzene rings is 2. The Balaban J connectivity index is 1.69. The third-order valence-corrected chi connectivity index (χ3v) is 4.95. The third-order valence-electron chi connectivity index (χ3n) is 4.95. The smallest absolute Gasteiger partial charge is 0.408 e. The molecule has 1 unspecified atom stereocenters. The summed E-state index contributed by atoms with van der Waals surface area (Å²) in [7, 11) is 0. The summed E-state index contributed by atoms with van der Waals surface area (Å²) in [6.07, 6.45) is 0.918. The second-order valence-electron chi connectivity index (χ2n) is 7.85. The number of ether oxygens (including phenoxy) is 2. The van der Waals surface area contributed by atoms with E-state index in [4.69, 9.17) is 13.9 Å². The van der Waals surface area contributed by atoms with Gasteiger partial charge in [-0.1, -0.05) is 57.5 Å². The molecule has 0 radical (unpaired) electrons. The number of hydrogen-bond acceptors (Lipinski definition) is 6. The van der Waals surface area contributed by atoms with Crippen LogP contribution in [0.4, 0.5) is 4.79 Å². The number of nitrogens with one attached hydrogen (secondary N) is 1. The van der Waals surface area contributed by atoms with Gasteiger partial charge in [-0.15, -0.1) is 0 Å². The van der Waals surface area contributed by atoms with Crippen molar-refractivity contribution in [1.29, 1.82) is 0 Å².